The van der Waals surface area contributed by atoms with E-state index in [2.05, 4.69) is 60.5 Å². The summed E-state index contributed by atoms with van der Waals surface area (Å²) in [6.45, 7) is 9.31. The number of carbonyl (C=O) groups excluding carboxylic acids is 2. The van der Waals surface area contributed by atoms with Gasteiger partial charge in [0.2, 0.25) is 0 Å². The third-order valence-electron chi connectivity index (χ3n) is 9.19. The van der Waals surface area contributed by atoms with E-state index in [1.165, 1.54) is 0 Å². The van der Waals surface area contributed by atoms with Crippen LogP contribution >= 0.6 is 0 Å². The van der Waals surface area contributed by atoms with Gasteiger partial charge in [0.25, 0.3) is 5.91 Å². The minimum atomic E-state index is -0.348. The Hall–Kier alpha value is -4.51. The van der Waals surface area contributed by atoms with E-state index in [1.54, 1.807) is 13.1 Å². The summed E-state index contributed by atoms with van der Waals surface area (Å²) in [5, 5.41) is 17.7. The van der Waals surface area contributed by atoms with Gasteiger partial charge in [0, 0.05) is 23.8 Å². The van der Waals surface area contributed by atoms with Gasteiger partial charge in [-0.15, -0.1) is 10.2 Å². The third-order valence-corrected chi connectivity index (χ3v) is 9.19. The van der Waals surface area contributed by atoms with Crippen molar-refractivity contribution in [3.8, 4) is 5.75 Å². The molecule has 6 rings (SSSR count). The van der Waals surface area contributed by atoms with E-state index >= 15 is 0 Å². The number of hydrogen-bond donors (Lipinski definition) is 3. The van der Waals surface area contributed by atoms with Crippen LogP contribution in [0.1, 0.15) is 98.7 Å². The molecule has 1 aliphatic heterocycles. The van der Waals surface area contributed by atoms with Gasteiger partial charge in [0.05, 0.1) is 17.8 Å². The number of likely N-dealkylation sites (tertiary alicyclic amines) is 1. The quantitative estimate of drug-likeness (QED) is 0.263. The fraction of sp³-hybridized carbons (Fsp3) is 0.441. The molecular formula is C34H42N8O3. The van der Waals surface area contributed by atoms with Gasteiger partial charge in [0.15, 0.2) is 11.5 Å². The van der Waals surface area contributed by atoms with E-state index in [0.29, 0.717) is 17.8 Å². The smallest absolute Gasteiger partial charge is 0.319 e. The third kappa shape index (κ3) is 5.96. The number of fused-ring (bicyclic) bond motifs is 2. The van der Waals surface area contributed by atoms with Crippen molar-refractivity contribution in [2.24, 2.45) is 0 Å². The van der Waals surface area contributed by atoms with Crippen LogP contribution in [0.3, 0.4) is 0 Å². The number of anilines is 1. The first-order valence-electron chi connectivity index (χ1n) is 15.6. The second-order valence-corrected chi connectivity index (χ2v) is 13.3. The molecule has 0 saturated carbocycles. The number of nitrogens with one attached hydrogen (secondary N) is 3. The van der Waals surface area contributed by atoms with Gasteiger partial charge in [-0.2, -0.15) is 0 Å². The predicted molar refractivity (Wildman–Crippen MR) is 172 cm³/mol. The zero-order chi connectivity index (χ0) is 31.9. The number of amides is 3. The van der Waals surface area contributed by atoms with Crippen molar-refractivity contribution in [3.63, 3.8) is 0 Å². The van der Waals surface area contributed by atoms with Crippen LogP contribution in [-0.2, 0) is 11.0 Å². The monoisotopic (exact) mass is 610 g/mol. The van der Waals surface area contributed by atoms with Crippen LogP contribution in [0.15, 0.2) is 54.7 Å². The minimum absolute atomic E-state index is 0.172. The van der Waals surface area contributed by atoms with Crippen molar-refractivity contribution in [1.29, 1.82) is 0 Å². The lowest BCUT2D eigenvalue weighted by atomic mass is 9.85. The molecule has 45 heavy (non-hydrogen) atoms. The number of pyridine rings is 2. The van der Waals surface area contributed by atoms with Gasteiger partial charge in [0.1, 0.15) is 17.5 Å². The van der Waals surface area contributed by atoms with E-state index < -0.39 is 0 Å². The molecule has 0 radical (unpaired) electrons. The Kier molecular flexibility index (Phi) is 7.98. The largest absolute Gasteiger partial charge is 0.484 e. The molecule has 236 valence electrons. The summed E-state index contributed by atoms with van der Waals surface area (Å²) in [6.07, 6.45) is 5.40. The highest BCUT2D eigenvalue weighted by Crippen LogP contribution is 2.40. The fourth-order valence-electron chi connectivity index (χ4n) is 6.43. The van der Waals surface area contributed by atoms with E-state index in [1.807, 2.05) is 63.4 Å². The molecule has 0 spiro atoms. The highest BCUT2D eigenvalue weighted by atomic mass is 16.5. The number of benzene rings is 1. The van der Waals surface area contributed by atoms with Crippen molar-refractivity contribution in [2.75, 3.05) is 26.0 Å². The zero-order valence-electron chi connectivity index (χ0n) is 26.8. The molecule has 3 amide bonds. The van der Waals surface area contributed by atoms with Crippen LogP contribution in [-0.4, -0.2) is 57.1 Å². The molecule has 2 aliphatic rings. The second kappa shape index (κ2) is 11.8. The number of urea groups is 1. The number of hydrogen-bond acceptors (Lipinski definition) is 7. The van der Waals surface area contributed by atoms with E-state index in [0.717, 1.165) is 54.2 Å². The molecule has 1 aromatic carbocycles. The molecule has 3 atom stereocenters. The van der Waals surface area contributed by atoms with Crippen LogP contribution in [0.25, 0.3) is 5.65 Å². The van der Waals surface area contributed by atoms with Crippen LogP contribution in [0.2, 0.25) is 0 Å². The lowest BCUT2D eigenvalue weighted by Crippen LogP contribution is -2.37. The normalized spacial score (nSPS) is 21.7. The van der Waals surface area contributed by atoms with Gasteiger partial charge >= 0.3 is 6.03 Å². The first-order valence-corrected chi connectivity index (χ1v) is 15.6. The summed E-state index contributed by atoms with van der Waals surface area (Å²) in [5.74, 6) is 1.36. The summed E-state index contributed by atoms with van der Waals surface area (Å²) in [6, 6.07) is 14.8. The number of ether oxygens (including phenoxy) is 1. The molecule has 11 heteroatoms. The Morgan fingerprint density at radius 2 is 1.82 bits per heavy atom. The summed E-state index contributed by atoms with van der Waals surface area (Å²) in [7, 11) is 3.70. The Balaban J connectivity index is 1.20. The van der Waals surface area contributed by atoms with E-state index in [4.69, 9.17) is 4.74 Å². The van der Waals surface area contributed by atoms with Crippen molar-refractivity contribution in [3.05, 3.63) is 83.1 Å². The van der Waals surface area contributed by atoms with Crippen molar-refractivity contribution in [2.45, 2.75) is 76.5 Å². The number of nitrogens with zero attached hydrogens (tertiary/aromatic N) is 5. The van der Waals surface area contributed by atoms with Crippen LogP contribution in [0, 0.1) is 0 Å². The molecule has 1 fully saturated rings. The molecular weight excluding hydrogens is 568 g/mol. The Bertz CT molecular complexity index is 1750. The summed E-state index contributed by atoms with van der Waals surface area (Å²) < 4.78 is 8.67. The number of rotatable bonds is 6. The molecule has 3 aromatic heterocycles. The topological polar surface area (TPSA) is 126 Å². The van der Waals surface area contributed by atoms with Crippen molar-refractivity contribution < 1.29 is 14.3 Å². The first-order chi connectivity index (χ1) is 21.5. The summed E-state index contributed by atoms with van der Waals surface area (Å²) in [4.78, 5) is 32.5. The molecule has 1 unspecified atom stereocenters. The van der Waals surface area contributed by atoms with Crippen LogP contribution in [0.5, 0.6) is 5.75 Å². The number of carbonyl (C=O) groups is 2. The highest BCUT2D eigenvalue weighted by molar-refractivity contribution is 5.95. The summed E-state index contributed by atoms with van der Waals surface area (Å²) in [5.41, 5.74) is 3.85. The zero-order valence-corrected chi connectivity index (χ0v) is 26.8. The molecule has 1 aliphatic carbocycles. The van der Waals surface area contributed by atoms with E-state index in [9.17, 15) is 9.59 Å². The lowest BCUT2D eigenvalue weighted by Gasteiger charge is -2.32. The minimum Gasteiger partial charge on any atom is -0.484 e. The highest BCUT2D eigenvalue weighted by Gasteiger charge is 2.40. The Morgan fingerprint density at radius 1 is 1.04 bits per heavy atom. The SMILES string of the molecule is CNC(=O)c1cc(NC(=O)N[C@H]2CC[C@@H](Oc3ccc4nnc(C5(C)CCCN5C)n4c3)c3ccccc32)cc(C(C)(C)C)n1. The number of aromatic nitrogens is 4. The van der Waals surface area contributed by atoms with Gasteiger partial charge in [-0.3, -0.25) is 14.1 Å². The van der Waals surface area contributed by atoms with Gasteiger partial charge in [-0.05, 0) is 81.6 Å². The maximum absolute atomic E-state index is 13.3. The fourth-order valence-corrected chi connectivity index (χ4v) is 6.43. The second-order valence-electron chi connectivity index (χ2n) is 13.3. The molecule has 0 bridgehead atoms. The average molecular weight is 611 g/mol. The maximum atomic E-state index is 13.3. The van der Waals surface area contributed by atoms with Crippen LogP contribution < -0.4 is 20.7 Å². The molecule has 11 nitrogen and oxygen atoms in total. The molecule has 3 N–H and O–H groups in total. The van der Waals surface area contributed by atoms with Gasteiger partial charge in [-0.25, -0.2) is 9.78 Å². The Labute approximate surface area is 263 Å². The lowest BCUT2D eigenvalue weighted by molar-refractivity contribution is 0.0957. The first kappa shape index (κ1) is 30.5. The molecule has 4 heterocycles. The van der Waals surface area contributed by atoms with Gasteiger partial charge in [-0.1, -0.05) is 45.0 Å². The average Bonchev–Trinajstić information content (AvgIpc) is 3.60. The molecule has 1 saturated heterocycles. The predicted octanol–water partition coefficient (Wildman–Crippen LogP) is 5.50. The summed E-state index contributed by atoms with van der Waals surface area (Å²) >= 11 is 0. The van der Waals surface area contributed by atoms with Gasteiger partial charge < -0.3 is 20.7 Å². The standard InChI is InChI=1S/C34H42N8O3/c1-33(2,3)28-19-21(18-26(37-28)30(43)35-5)36-32(44)38-25-13-14-27(24-11-8-7-10-23(24)25)45-22-12-15-29-39-40-31(42(29)20-22)34(4)16-9-17-41(34)6/h7-8,10-12,15,18-20,25,27H,9,13-14,16-17H2,1-6H3,(H,35,43)(H2,36,37,38,44)/t25-,27+,34?/m0/s1. The van der Waals surface area contributed by atoms with Crippen molar-refractivity contribution >= 4 is 23.3 Å². The van der Waals surface area contributed by atoms with Crippen molar-refractivity contribution in [1.82, 2.24) is 35.1 Å². The molecule has 4 aromatic rings. The van der Waals surface area contributed by atoms with Crippen LogP contribution in [0.4, 0.5) is 10.5 Å². The van der Waals surface area contributed by atoms with E-state index in [-0.39, 0.29) is 40.7 Å². The maximum Gasteiger partial charge on any atom is 0.319 e. The Morgan fingerprint density at radius 3 is 2.53 bits per heavy atom.